The van der Waals surface area contributed by atoms with Gasteiger partial charge in [-0.1, -0.05) is 30.1 Å². The summed E-state index contributed by atoms with van der Waals surface area (Å²) in [7, 11) is 0. The summed E-state index contributed by atoms with van der Waals surface area (Å²) in [5.41, 5.74) is 1.63. The van der Waals surface area contributed by atoms with Crippen molar-refractivity contribution in [1.82, 2.24) is 9.78 Å². The predicted octanol–water partition coefficient (Wildman–Crippen LogP) is 3.71. The largest absolute Gasteiger partial charge is 0.309 e. The van der Waals surface area contributed by atoms with Gasteiger partial charge in [0.1, 0.15) is 11.6 Å². The summed E-state index contributed by atoms with van der Waals surface area (Å²) in [5.74, 6) is 0.0904. The van der Waals surface area contributed by atoms with Crippen molar-refractivity contribution in [2.45, 2.75) is 20.3 Å². The molecule has 1 heterocycles. The minimum atomic E-state index is -0.212. The average Bonchev–Trinajstić information content (AvgIpc) is 2.80. The van der Waals surface area contributed by atoms with Crippen LogP contribution < -0.4 is 5.32 Å². The van der Waals surface area contributed by atoms with Crippen molar-refractivity contribution in [2.24, 2.45) is 0 Å². The SMILES string of the molecule is CCC(=O)Nc1c(C#N)cnn1-c1c(C)cc(Cl)cc1Cl. The maximum Gasteiger partial charge on any atom is 0.225 e. The van der Waals surface area contributed by atoms with E-state index in [0.29, 0.717) is 28.0 Å². The number of carbonyl (C=O) groups is 1. The van der Waals surface area contributed by atoms with Crippen LogP contribution in [0.25, 0.3) is 5.69 Å². The molecule has 21 heavy (non-hydrogen) atoms. The second kappa shape index (κ2) is 6.17. The van der Waals surface area contributed by atoms with Crippen molar-refractivity contribution in [2.75, 3.05) is 5.32 Å². The molecule has 7 heteroatoms. The molecule has 0 bridgehead atoms. The number of benzene rings is 1. The number of hydrogen-bond acceptors (Lipinski definition) is 3. The van der Waals surface area contributed by atoms with Gasteiger partial charge in [-0.2, -0.15) is 10.4 Å². The Hall–Kier alpha value is -2.03. The molecule has 0 saturated heterocycles. The molecule has 0 spiro atoms. The van der Waals surface area contributed by atoms with Crippen LogP contribution in [0.15, 0.2) is 18.3 Å². The molecule has 1 aromatic heterocycles. The lowest BCUT2D eigenvalue weighted by Crippen LogP contribution is -2.15. The quantitative estimate of drug-likeness (QED) is 0.936. The third-order valence-electron chi connectivity index (χ3n) is 2.90. The number of aryl methyl sites for hydroxylation is 1. The summed E-state index contributed by atoms with van der Waals surface area (Å²) < 4.78 is 1.44. The van der Waals surface area contributed by atoms with E-state index < -0.39 is 0 Å². The van der Waals surface area contributed by atoms with Crippen molar-refractivity contribution in [3.8, 4) is 11.8 Å². The molecule has 0 fully saturated rings. The van der Waals surface area contributed by atoms with Crippen molar-refractivity contribution in [1.29, 1.82) is 5.26 Å². The molecule has 1 aromatic carbocycles. The molecule has 0 saturated carbocycles. The van der Waals surface area contributed by atoms with Gasteiger partial charge in [-0.15, -0.1) is 0 Å². The van der Waals surface area contributed by atoms with Crippen LogP contribution in [0.2, 0.25) is 10.0 Å². The number of nitrogens with zero attached hydrogens (tertiary/aromatic N) is 3. The number of amides is 1. The Labute approximate surface area is 132 Å². The van der Waals surface area contributed by atoms with Gasteiger partial charge < -0.3 is 5.32 Å². The van der Waals surface area contributed by atoms with Gasteiger partial charge in [-0.3, -0.25) is 4.79 Å². The second-order valence-electron chi connectivity index (χ2n) is 4.39. The summed E-state index contributed by atoms with van der Waals surface area (Å²) >= 11 is 12.2. The Kier molecular flexibility index (Phi) is 4.51. The lowest BCUT2D eigenvalue weighted by molar-refractivity contribution is -0.115. The molecule has 1 N–H and O–H groups in total. The summed E-state index contributed by atoms with van der Waals surface area (Å²) in [4.78, 5) is 11.6. The predicted molar refractivity (Wildman–Crippen MR) is 82.0 cm³/mol. The van der Waals surface area contributed by atoms with Gasteiger partial charge >= 0.3 is 0 Å². The van der Waals surface area contributed by atoms with E-state index in [4.69, 9.17) is 28.5 Å². The number of carbonyl (C=O) groups excluding carboxylic acids is 1. The van der Waals surface area contributed by atoms with Crippen LogP contribution in [0.5, 0.6) is 0 Å². The van der Waals surface area contributed by atoms with E-state index in [1.807, 2.05) is 13.0 Å². The van der Waals surface area contributed by atoms with Crippen molar-refractivity contribution < 1.29 is 4.79 Å². The fraction of sp³-hybridized carbons (Fsp3) is 0.214. The van der Waals surface area contributed by atoms with E-state index in [9.17, 15) is 4.79 Å². The molecule has 0 atom stereocenters. The van der Waals surface area contributed by atoms with Gasteiger partial charge in [0.25, 0.3) is 0 Å². The van der Waals surface area contributed by atoms with Gasteiger partial charge in [0.15, 0.2) is 5.82 Å². The molecular formula is C14H12Cl2N4O. The summed E-state index contributed by atoms with van der Waals surface area (Å²) in [6.45, 7) is 3.55. The number of nitriles is 1. The molecule has 5 nitrogen and oxygen atoms in total. The highest BCUT2D eigenvalue weighted by molar-refractivity contribution is 6.36. The number of rotatable bonds is 3. The van der Waals surface area contributed by atoms with Crippen molar-refractivity contribution >= 4 is 34.9 Å². The van der Waals surface area contributed by atoms with E-state index in [1.165, 1.54) is 10.9 Å². The lowest BCUT2D eigenvalue weighted by atomic mass is 10.2. The fourth-order valence-corrected chi connectivity index (χ4v) is 2.58. The maximum absolute atomic E-state index is 11.6. The lowest BCUT2D eigenvalue weighted by Gasteiger charge is -2.13. The molecule has 0 radical (unpaired) electrons. The Morgan fingerprint density at radius 2 is 2.19 bits per heavy atom. The highest BCUT2D eigenvalue weighted by Gasteiger charge is 2.18. The molecule has 2 rings (SSSR count). The molecular weight excluding hydrogens is 311 g/mol. The van der Waals surface area contributed by atoms with Gasteiger partial charge in [-0.05, 0) is 24.6 Å². The highest BCUT2D eigenvalue weighted by Crippen LogP contribution is 2.31. The maximum atomic E-state index is 11.6. The molecule has 0 aliphatic rings. The average molecular weight is 323 g/mol. The Bertz CT molecular complexity index is 723. The van der Waals surface area contributed by atoms with Crippen LogP contribution in [0.3, 0.4) is 0 Å². The molecule has 0 aliphatic heterocycles. The Morgan fingerprint density at radius 3 is 2.76 bits per heavy atom. The third kappa shape index (κ3) is 3.02. The van der Waals surface area contributed by atoms with Crippen LogP contribution >= 0.6 is 23.2 Å². The number of hydrogen-bond donors (Lipinski definition) is 1. The van der Waals surface area contributed by atoms with Gasteiger partial charge in [0.2, 0.25) is 5.91 Å². The summed E-state index contributed by atoms with van der Waals surface area (Å²) in [6, 6.07) is 5.32. The standard InChI is InChI=1S/C14H12Cl2N4O/c1-3-12(21)19-14-9(6-17)7-18-20(14)13-8(2)4-10(15)5-11(13)16/h4-5,7H,3H2,1-2H3,(H,19,21). The van der Waals surface area contributed by atoms with E-state index in [1.54, 1.807) is 19.1 Å². The van der Waals surface area contributed by atoms with Crippen LogP contribution in [0.4, 0.5) is 5.82 Å². The van der Waals surface area contributed by atoms with Crippen LogP contribution in [0.1, 0.15) is 24.5 Å². The van der Waals surface area contributed by atoms with Gasteiger partial charge in [0, 0.05) is 11.4 Å². The van der Waals surface area contributed by atoms with Crippen molar-refractivity contribution in [3.63, 3.8) is 0 Å². The molecule has 1 amide bonds. The normalized spacial score (nSPS) is 10.2. The van der Waals surface area contributed by atoms with E-state index >= 15 is 0 Å². The first kappa shape index (κ1) is 15.4. The second-order valence-corrected chi connectivity index (χ2v) is 5.23. The Morgan fingerprint density at radius 1 is 1.48 bits per heavy atom. The Balaban J connectivity index is 2.63. The minimum Gasteiger partial charge on any atom is -0.309 e. The first-order valence-corrected chi connectivity index (χ1v) is 6.97. The zero-order valence-electron chi connectivity index (χ0n) is 11.4. The summed E-state index contributed by atoms with van der Waals surface area (Å²) in [6.07, 6.45) is 1.68. The van der Waals surface area contributed by atoms with E-state index in [0.717, 1.165) is 5.56 Å². The van der Waals surface area contributed by atoms with Crippen LogP contribution in [-0.4, -0.2) is 15.7 Å². The van der Waals surface area contributed by atoms with E-state index in [-0.39, 0.29) is 11.5 Å². The van der Waals surface area contributed by atoms with Gasteiger partial charge in [-0.25, -0.2) is 4.68 Å². The molecule has 108 valence electrons. The smallest absolute Gasteiger partial charge is 0.225 e. The number of anilines is 1. The molecule has 0 aliphatic carbocycles. The number of nitrogens with one attached hydrogen (secondary N) is 1. The fourth-order valence-electron chi connectivity index (χ4n) is 1.90. The number of aromatic nitrogens is 2. The van der Waals surface area contributed by atoms with Crippen LogP contribution in [-0.2, 0) is 4.79 Å². The number of halogens is 2. The first-order chi connectivity index (χ1) is 9.97. The van der Waals surface area contributed by atoms with Crippen LogP contribution in [0, 0.1) is 18.3 Å². The monoisotopic (exact) mass is 322 g/mol. The highest BCUT2D eigenvalue weighted by atomic mass is 35.5. The third-order valence-corrected chi connectivity index (χ3v) is 3.41. The molecule has 2 aromatic rings. The first-order valence-electron chi connectivity index (χ1n) is 6.22. The zero-order chi connectivity index (χ0) is 15.6. The summed E-state index contributed by atoms with van der Waals surface area (Å²) in [5, 5.41) is 16.9. The van der Waals surface area contributed by atoms with Crippen molar-refractivity contribution in [3.05, 3.63) is 39.5 Å². The molecule has 0 unspecified atom stereocenters. The minimum absolute atomic E-state index is 0.212. The van der Waals surface area contributed by atoms with E-state index in [2.05, 4.69) is 10.4 Å². The van der Waals surface area contributed by atoms with Gasteiger partial charge in [0.05, 0.1) is 16.9 Å². The topological polar surface area (TPSA) is 70.7 Å². The zero-order valence-corrected chi connectivity index (χ0v) is 13.0.